The molecule has 0 atom stereocenters. The zero-order valence-corrected chi connectivity index (χ0v) is 6.79. The van der Waals surface area contributed by atoms with E-state index in [1.807, 2.05) is 0 Å². The van der Waals surface area contributed by atoms with Gasteiger partial charge >= 0.3 is 7.12 Å². The SMILES string of the molecule is OB(O)CNC1CCCCC1. The molecule has 1 rings (SSSR count). The van der Waals surface area contributed by atoms with Gasteiger partial charge in [0, 0.05) is 12.5 Å². The van der Waals surface area contributed by atoms with E-state index in [1.165, 1.54) is 32.1 Å². The van der Waals surface area contributed by atoms with E-state index in [0.29, 0.717) is 12.5 Å². The van der Waals surface area contributed by atoms with Crippen LogP contribution in [0.1, 0.15) is 32.1 Å². The first-order valence-electron chi connectivity index (χ1n) is 4.38. The Kier molecular flexibility index (Phi) is 3.90. The van der Waals surface area contributed by atoms with Crippen molar-refractivity contribution in [1.82, 2.24) is 5.32 Å². The van der Waals surface area contributed by atoms with Gasteiger partial charge in [-0.15, -0.1) is 0 Å². The highest BCUT2D eigenvalue weighted by atomic mass is 16.4. The van der Waals surface area contributed by atoms with Gasteiger partial charge in [0.1, 0.15) is 0 Å². The van der Waals surface area contributed by atoms with Gasteiger partial charge in [0.25, 0.3) is 0 Å². The molecule has 0 radical (unpaired) electrons. The molecular formula is C7H16BNO2. The third kappa shape index (κ3) is 3.75. The van der Waals surface area contributed by atoms with Crippen LogP contribution >= 0.6 is 0 Å². The van der Waals surface area contributed by atoms with Crippen molar-refractivity contribution in [2.45, 2.75) is 38.1 Å². The Morgan fingerprint density at radius 3 is 2.36 bits per heavy atom. The van der Waals surface area contributed by atoms with Crippen LogP contribution in [0.15, 0.2) is 0 Å². The quantitative estimate of drug-likeness (QED) is 0.502. The molecule has 3 N–H and O–H groups in total. The van der Waals surface area contributed by atoms with Crippen LogP contribution in [0.25, 0.3) is 0 Å². The lowest BCUT2D eigenvalue weighted by Gasteiger charge is -2.22. The Labute approximate surface area is 68.0 Å². The van der Waals surface area contributed by atoms with Crippen LogP contribution in [0.3, 0.4) is 0 Å². The van der Waals surface area contributed by atoms with E-state index in [1.54, 1.807) is 0 Å². The standard InChI is InChI=1S/C7H16BNO2/c10-8(11)6-9-7-4-2-1-3-5-7/h7,9-11H,1-6H2. The van der Waals surface area contributed by atoms with Gasteiger partial charge < -0.3 is 15.4 Å². The molecule has 3 nitrogen and oxygen atoms in total. The zero-order valence-electron chi connectivity index (χ0n) is 6.79. The molecule has 64 valence electrons. The average Bonchev–Trinajstić information content (AvgIpc) is 2.03. The molecule has 0 heterocycles. The van der Waals surface area contributed by atoms with Gasteiger partial charge in [0.15, 0.2) is 0 Å². The van der Waals surface area contributed by atoms with E-state index in [2.05, 4.69) is 5.32 Å². The van der Waals surface area contributed by atoms with Crippen molar-refractivity contribution >= 4 is 7.12 Å². The van der Waals surface area contributed by atoms with Crippen molar-refractivity contribution in [1.29, 1.82) is 0 Å². The van der Waals surface area contributed by atoms with Crippen LogP contribution in [-0.2, 0) is 0 Å². The Morgan fingerprint density at radius 2 is 1.82 bits per heavy atom. The summed E-state index contributed by atoms with van der Waals surface area (Å²) in [5.74, 6) is 0. The van der Waals surface area contributed by atoms with Crippen LogP contribution in [0, 0.1) is 0 Å². The topological polar surface area (TPSA) is 52.5 Å². The van der Waals surface area contributed by atoms with Crippen molar-refractivity contribution < 1.29 is 10.0 Å². The van der Waals surface area contributed by atoms with Gasteiger partial charge in [-0.3, -0.25) is 0 Å². The summed E-state index contributed by atoms with van der Waals surface area (Å²) in [4.78, 5) is 0. The second kappa shape index (κ2) is 4.75. The molecule has 1 saturated carbocycles. The smallest absolute Gasteiger partial charge is 0.426 e. The predicted molar refractivity (Wildman–Crippen MR) is 45.1 cm³/mol. The fourth-order valence-corrected chi connectivity index (χ4v) is 1.58. The molecule has 0 amide bonds. The third-order valence-corrected chi connectivity index (χ3v) is 2.19. The Bertz CT molecular complexity index is 105. The largest absolute Gasteiger partial charge is 0.466 e. The molecule has 0 bridgehead atoms. The molecule has 0 aromatic rings. The van der Waals surface area contributed by atoms with E-state index >= 15 is 0 Å². The first-order valence-corrected chi connectivity index (χ1v) is 4.38. The molecule has 1 fully saturated rings. The summed E-state index contributed by atoms with van der Waals surface area (Å²) in [5.41, 5.74) is 0. The van der Waals surface area contributed by atoms with E-state index in [4.69, 9.17) is 10.0 Å². The monoisotopic (exact) mass is 157 g/mol. The molecule has 0 aromatic heterocycles. The molecule has 0 aromatic carbocycles. The number of hydrogen-bond acceptors (Lipinski definition) is 3. The normalized spacial score (nSPS) is 20.2. The highest BCUT2D eigenvalue weighted by Gasteiger charge is 2.14. The lowest BCUT2D eigenvalue weighted by molar-refractivity contribution is 0.357. The van der Waals surface area contributed by atoms with Gasteiger partial charge in [0.2, 0.25) is 0 Å². The number of rotatable bonds is 3. The molecule has 1 aliphatic carbocycles. The van der Waals surface area contributed by atoms with Crippen LogP contribution in [0.2, 0.25) is 0 Å². The predicted octanol–water partition coefficient (Wildman–Crippen LogP) is -0.0793. The Hall–Kier alpha value is -0.0551. The van der Waals surface area contributed by atoms with Crippen LogP contribution in [0.5, 0.6) is 0 Å². The van der Waals surface area contributed by atoms with Gasteiger partial charge in [0.05, 0.1) is 0 Å². The summed E-state index contributed by atoms with van der Waals surface area (Å²) in [6.45, 7) is 0. The summed E-state index contributed by atoms with van der Waals surface area (Å²) in [5, 5.41) is 20.3. The molecule has 0 aliphatic heterocycles. The highest BCUT2D eigenvalue weighted by molar-refractivity contribution is 6.41. The van der Waals surface area contributed by atoms with E-state index in [0.717, 1.165) is 0 Å². The average molecular weight is 157 g/mol. The van der Waals surface area contributed by atoms with Gasteiger partial charge in [-0.25, -0.2) is 0 Å². The first kappa shape index (κ1) is 9.04. The second-order valence-electron chi connectivity index (χ2n) is 3.22. The fraction of sp³-hybridized carbons (Fsp3) is 1.00. The van der Waals surface area contributed by atoms with Crippen LogP contribution < -0.4 is 5.32 Å². The van der Waals surface area contributed by atoms with E-state index < -0.39 is 7.12 Å². The summed E-state index contributed by atoms with van der Waals surface area (Å²) in [6.07, 6.45) is 6.57. The van der Waals surface area contributed by atoms with E-state index in [-0.39, 0.29) is 0 Å². The minimum absolute atomic E-state index is 0.310. The van der Waals surface area contributed by atoms with Crippen LogP contribution in [0.4, 0.5) is 0 Å². The number of hydrogen-bond donors (Lipinski definition) is 3. The summed E-state index contributed by atoms with van der Waals surface area (Å²) < 4.78 is 0. The Balaban J connectivity index is 2.05. The lowest BCUT2D eigenvalue weighted by atomic mass is 9.89. The molecule has 4 heteroatoms. The molecule has 0 saturated heterocycles. The van der Waals surface area contributed by atoms with Crippen LogP contribution in [-0.4, -0.2) is 29.7 Å². The Morgan fingerprint density at radius 1 is 1.18 bits per heavy atom. The van der Waals surface area contributed by atoms with Crippen molar-refractivity contribution in [3.63, 3.8) is 0 Å². The molecular weight excluding hydrogens is 141 g/mol. The van der Waals surface area contributed by atoms with Gasteiger partial charge in [-0.05, 0) is 12.8 Å². The maximum Gasteiger partial charge on any atom is 0.466 e. The summed E-state index contributed by atoms with van der Waals surface area (Å²) in [6, 6.07) is 0.519. The summed E-state index contributed by atoms with van der Waals surface area (Å²) >= 11 is 0. The van der Waals surface area contributed by atoms with E-state index in [9.17, 15) is 0 Å². The maximum absolute atomic E-state index is 8.58. The summed E-state index contributed by atoms with van der Waals surface area (Å²) in [7, 11) is -1.20. The molecule has 0 spiro atoms. The maximum atomic E-state index is 8.58. The third-order valence-electron chi connectivity index (χ3n) is 2.19. The van der Waals surface area contributed by atoms with Gasteiger partial charge in [-0.1, -0.05) is 19.3 Å². The van der Waals surface area contributed by atoms with Crippen molar-refractivity contribution in [3.8, 4) is 0 Å². The molecule has 1 aliphatic rings. The van der Waals surface area contributed by atoms with Crippen molar-refractivity contribution in [2.24, 2.45) is 0 Å². The van der Waals surface area contributed by atoms with Crippen molar-refractivity contribution in [2.75, 3.05) is 6.44 Å². The first-order chi connectivity index (χ1) is 5.29. The molecule has 11 heavy (non-hydrogen) atoms. The highest BCUT2D eigenvalue weighted by Crippen LogP contribution is 2.16. The zero-order chi connectivity index (χ0) is 8.10. The van der Waals surface area contributed by atoms with Crippen molar-refractivity contribution in [3.05, 3.63) is 0 Å². The number of nitrogens with one attached hydrogen (secondary N) is 1. The molecule has 0 unspecified atom stereocenters. The minimum Gasteiger partial charge on any atom is -0.426 e. The second-order valence-corrected chi connectivity index (χ2v) is 3.22. The lowest BCUT2D eigenvalue weighted by Crippen LogP contribution is -2.38. The van der Waals surface area contributed by atoms with Gasteiger partial charge in [-0.2, -0.15) is 0 Å². The fourth-order valence-electron chi connectivity index (χ4n) is 1.58. The minimum atomic E-state index is -1.20.